The van der Waals surface area contributed by atoms with Crippen molar-refractivity contribution in [2.45, 2.75) is 4.21 Å². The molecule has 2 N–H and O–H groups in total. The normalized spacial score (nSPS) is 12.8. The fraction of sp³-hybridized carbons (Fsp3) is 0.0952. The molecule has 2 aromatic carbocycles. The predicted molar refractivity (Wildman–Crippen MR) is 117 cm³/mol. The number of nitrogens with one attached hydrogen (secondary N) is 2. The molecule has 0 atom stereocenters. The summed E-state index contributed by atoms with van der Waals surface area (Å²) in [5, 5.41) is 4.26. The standard InChI is InChI=1S/C21H16N2O7S2/c24-17(14-5-8-18-16(10-14)22-19(25)12-29-18)11-30-21(26)13-3-6-15(7-4-13)23-32(27,28)20-2-1-9-31-20/h1-10,23H,11-12H2,(H,22,25). The molecule has 11 heteroatoms. The second-order valence-corrected chi connectivity index (χ2v) is 9.52. The van der Waals surface area contributed by atoms with E-state index in [9.17, 15) is 22.8 Å². The van der Waals surface area contributed by atoms with Crippen LogP contribution in [-0.2, 0) is 19.6 Å². The molecule has 4 rings (SSSR count). The third-order valence-electron chi connectivity index (χ3n) is 4.40. The van der Waals surface area contributed by atoms with Gasteiger partial charge in [-0.15, -0.1) is 11.3 Å². The topological polar surface area (TPSA) is 128 Å². The molecule has 164 valence electrons. The lowest BCUT2D eigenvalue weighted by Crippen LogP contribution is -2.25. The van der Waals surface area contributed by atoms with E-state index in [1.807, 2.05) is 0 Å². The molecule has 1 aliphatic rings. The van der Waals surface area contributed by atoms with Gasteiger partial charge in [-0.2, -0.15) is 0 Å². The van der Waals surface area contributed by atoms with E-state index in [-0.39, 0.29) is 33.5 Å². The summed E-state index contributed by atoms with van der Waals surface area (Å²) < 4.78 is 37.4. The minimum Gasteiger partial charge on any atom is -0.482 e. The number of fused-ring (bicyclic) bond motifs is 1. The Morgan fingerprint density at radius 2 is 1.84 bits per heavy atom. The fourth-order valence-electron chi connectivity index (χ4n) is 2.85. The first kappa shape index (κ1) is 21.5. The molecule has 0 bridgehead atoms. The van der Waals surface area contributed by atoms with Crippen molar-refractivity contribution in [1.29, 1.82) is 0 Å². The zero-order valence-corrected chi connectivity index (χ0v) is 18.0. The molecule has 0 saturated heterocycles. The van der Waals surface area contributed by atoms with E-state index in [2.05, 4.69) is 10.0 Å². The van der Waals surface area contributed by atoms with Crippen LogP contribution in [0.1, 0.15) is 20.7 Å². The number of ether oxygens (including phenoxy) is 2. The Morgan fingerprint density at radius 1 is 1.09 bits per heavy atom. The third-order valence-corrected chi connectivity index (χ3v) is 7.18. The van der Waals surface area contributed by atoms with Crippen LogP contribution in [0.15, 0.2) is 64.2 Å². The Balaban J connectivity index is 1.36. The molecule has 0 spiro atoms. The first-order valence-electron chi connectivity index (χ1n) is 9.25. The number of esters is 1. The second-order valence-electron chi connectivity index (χ2n) is 6.66. The van der Waals surface area contributed by atoms with Crippen LogP contribution in [0.3, 0.4) is 0 Å². The van der Waals surface area contributed by atoms with Crippen LogP contribution in [0.5, 0.6) is 5.75 Å². The van der Waals surface area contributed by atoms with E-state index in [0.717, 1.165) is 11.3 Å². The Morgan fingerprint density at radius 3 is 2.56 bits per heavy atom. The van der Waals surface area contributed by atoms with Gasteiger partial charge in [-0.25, -0.2) is 13.2 Å². The zero-order chi connectivity index (χ0) is 22.7. The number of sulfonamides is 1. The number of carbonyl (C=O) groups excluding carboxylic acids is 3. The van der Waals surface area contributed by atoms with E-state index in [1.165, 1.54) is 42.5 Å². The van der Waals surface area contributed by atoms with Gasteiger partial charge in [0.05, 0.1) is 11.3 Å². The van der Waals surface area contributed by atoms with Crippen molar-refractivity contribution in [3.05, 3.63) is 71.1 Å². The van der Waals surface area contributed by atoms with Crippen LogP contribution in [0.25, 0.3) is 0 Å². The van der Waals surface area contributed by atoms with Crippen LogP contribution < -0.4 is 14.8 Å². The summed E-state index contributed by atoms with van der Waals surface area (Å²) in [6.45, 7) is -0.592. The molecule has 0 unspecified atom stereocenters. The van der Waals surface area contributed by atoms with Crippen molar-refractivity contribution in [3.8, 4) is 5.75 Å². The van der Waals surface area contributed by atoms with Gasteiger partial charge in [-0.3, -0.25) is 14.3 Å². The molecular weight excluding hydrogens is 456 g/mol. The lowest BCUT2D eigenvalue weighted by molar-refractivity contribution is -0.118. The largest absolute Gasteiger partial charge is 0.482 e. The minimum absolute atomic E-state index is 0.0911. The molecule has 0 fully saturated rings. The number of anilines is 2. The molecule has 1 aromatic heterocycles. The Bertz CT molecular complexity index is 1280. The Hall–Kier alpha value is -3.70. The average molecular weight is 473 g/mol. The Labute approximate surface area is 187 Å². The maximum absolute atomic E-state index is 12.4. The highest BCUT2D eigenvalue weighted by atomic mass is 32.2. The number of benzene rings is 2. The van der Waals surface area contributed by atoms with Crippen LogP contribution in [0, 0.1) is 0 Å². The number of Topliss-reactive ketones (excluding diaryl/α,β-unsaturated/α-hetero) is 1. The molecule has 0 radical (unpaired) electrons. The molecule has 1 amide bonds. The molecular formula is C21H16N2O7S2. The van der Waals surface area contributed by atoms with Gasteiger partial charge in [0.2, 0.25) is 0 Å². The van der Waals surface area contributed by atoms with Gasteiger partial charge in [0.1, 0.15) is 9.96 Å². The number of hydrogen-bond acceptors (Lipinski definition) is 8. The fourth-order valence-corrected chi connectivity index (χ4v) is 4.90. The third kappa shape index (κ3) is 4.79. The zero-order valence-electron chi connectivity index (χ0n) is 16.4. The number of rotatable bonds is 7. The van der Waals surface area contributed by atoms with E-state index in [4.69, 9.17) is 9.47 Å². The van der Waals surface area contributed by atoms with E-state index >= 15 is 0 Å². The van der Waals surface area contributed by atoms with Gasteiger partial charge in [0, 0.05) is 11.3 Å². The highest BCUT2D eigenvalue weighted by Crippen LogP contribution is 2.28. The minimum atomic E-state index is -3.69. The number of amides is 1. The monoisotopic (exact) mass is 472 g/mol. The molecule has 1 aliphatic heterocycles. The molecule has 32 heavy (non-hydrogen) atoms. The lowest BCUT2D eigenvalue weighted by Gasteiger charge is -2.18. The van der Waals surface area contributed by atoms with Crippen molar-refractivity contribution in [3.63, 3.8) is 0 Å². The van der Waals surface area contributed by atoms with Gasteiger partial charge in [-0.05, 0) is 53.9 Å². The number of hydrogen-bond donors (Lipinski definition) is 2. The van der Waals surface area contributed by atoms with E-state index in [1.54, 1.807) is 17.5 Å². The van der Waals surface area contributed by atoms with Crippen molar-refractivity contribution >= 4 is 50.4 Å². The summed E-state index contributed by atoms with van der Waals surface area (Å²) in [6, 6.07) is 13.3. The van der Waals surface area contributed by atoms with Crippen LogP contribution >= 0.6 is 11.3 Å². The van der Waals surface area contributed by atoms with E-state index < -0.39 is 28.4 Å². The SMILES string of the molecule is O=C1COc2ccc(C(=O)COC(=O)c3ccc(NS(=O)(=O)c4cccs4)cc3)cc2N1. The molecule has 3 aromatic rings. The van der Waals surface area contributed by atoms with Crippen molar-refractivity contribution in [2.75, 3.05) is 23.3 Å². The molecule has 9 nitrogen and oxygen atoms in total. The van der Waals surface area contributed by atoms with E-state index in [0.29, 0.717) is 11.4 Å². The summed E-state index contributed by atoms with van der Waals surface area (Å²) in [4.78, 5) is 36.0. The smallest absolute Gasteiger partial charge is 0.338 e. The van der Waals surface area contributed by atoms with Crippen molar-refractivity contribution in [1.82, 2.24) is 0 Å². The Kier molecular flexibility index (Phi) is 5.93. The first-order chi connectivity index (χ1) is 15.3. The van der Waals surface area contributed by atoms with Crippen LogP contribution in [0.4, 0.5) is 11.4 Å². The molecule has 0 aliphatic carbocycles. The summed E-state index contributed by atoms with van der Waals surface area (Å²) in [7, 11) is -3.69. The summed E-state index contributed by atoms with van der Waals surface area (Å²) in [5.41, 5.74) is 1.06. The van der Waals surface area contributed by atoms with Gasteiger partial charge in [0.15, 0.2) is 19.0 Å². The summed E-state index contributed by atoms with van der Waals surface area (Å²) >= 11 is 1.09. The first-order valence-corrected chi connectivity index (χ1v) is 11.6. The van der Waals surface area contributed by atoms with Crippen LogP contribution in [0.2, 0.25) is 0 Å². The second kappa shape index (κ2) is 8.81. The number of ketones is 1. The summed E-state index contributed by atoms with van der Waals surface area (Å²) in [5.74, 6) is -1.07. The highest BCUT2D eigenvalue weighted by Gasteiger charge is 2.19. The van der Waals surface area contributed by atoms with Crippen molar-refractivity contribution in [2.24, 2.45) is 0 Å². The van der Waals surface area contributed by atoms with Gasteiger partial charge in [-0.1, -0.05) is 6.07 Å². The highest BCUT2D eigenvalue weighted by molar-refractivity contribution is 7.94. The van der Waals surface area contributed by atoms with Gasteiger partial charge < -0.3 is 14.8 Å². The summed E-state index contributed by atoms with van der Waals surface area (Å²) in [6.07, 6.45) is 0. The lowest BCUT2D eigenvalue weighted by atomic mass is 10.1. The maximum atomic E-state index is 12.4. The maximum Gasteiger partial charge on any atom is 0.338 e. The number of thiophene rings is 1. The van der Waals surface area contributed by atoms with Gasteiger partial charge in [0.25, 0.3) is 15.9 Å². The quantitative estimate of drug-likeness (QED) is 0.400. The predicted octanol–water partition coefficient (Wildman–Crippen LogP) is 2.92. The van der Waals surface area contributed by atoms with Crippen molar-refractivity contribution < 1.29 is 32.3 Å². The van der Waals surface area contributed by atoms with Crippen LogP contribution in [-0.4, -0.2) is 39.3 Å². The molecule has 2 heterocycles. The number of carbonyl (C=O) groups is 3. The average Bonchev–Trinajstić information content (AvgIpc) is 3.33. The molecule has 0 saturated carbocycles. The van der Waals surface area contributed by atoms with Gasteiger partial charge >= 0.3 is 5.97 Å².